The van der Waals surface area contributed by atoms with E-state index in [1.807, 2.05) is 0 Å². The van der Waals surface area contributed by atoms with Crippen LogP contribution in [0, 0.1) is 5.92 Å². The molecular weight excluding hydrogens is 184 g/mol. The molecule has 1 aliphatic carbocycles. The Morgan fingerprint density at radius 2 is 2.33 bits per heavy atom. The van der Waals surface area contributed by atoms with E-state index in [9.17, 15) is 0 Å². The molecule has 2 heteroatoms. The number of allylic oxidation sites excluding steroid dienone is 1. The lowest BCUT2D eigenvalue weighted by Gasteiger charge is -2.20. The summed E-state index contributed by atoms with van der Waals surface area (Å²) in [5, 5.41) is 3.69. The fourth-order valence-electron chi connectivity index (χ4n) is 2.67. The van der Waals surface area contributed by atoms with Gasteiger partial charge in [-0.2, -0.15) is 0 Å². The Labute approximate surface area is 93.7 Å². The average molecular weight is 208 g/mol. The van der Waals surface area contributed by atoms with Crippen molar-refractivity contribution in [3.05, 3.63) is 12.2 Å². The molecule has 0 spiro atoms. The lowest BCUT2D eigenvalue weighted by molar-refractivity contribution is 0.336. The standard InChI is InChI=1S/C13H24N2/c1-2-15-9-8-12(11-15)10-14-13-6-4-3-5-7-13/h4,6,12-14H,2-3,5,7-11H2,1H3. The highest BCUT2D eigenvalue weighted by Gasteiger charge is 2.21. The van der Waals surface area contributed by atoms with Crippen LogP contribution in [0.4, 0.5) is 0 Å². The Morgan fingerprint density at radius 1 is 1.40 bits per heavy atom. The van der Waals surface area contributed by atoms with Crippen LogP contribution in [0.1, 0.15) is 32.6 Å². The van der Waals surface area contributed by atoms with E-state index in [4.69, 9.17) is 0 Å². The summed E-state index contributed by atoms with van der Waals surface area (Å²) in [6, 6.07) is 0.662. The van der Waals surface area contributed by atoms with Gasteiger partial charge in [0.05, 0.1) is 0 Å². The Bertz CT molecular complexity index is 213. The van der Waals surface area contributed by atoms with Gasteiger partial charge in [-0.25, -0.2) is 0 Å². The molecule has 1 saturated heterocycles. The van der Waals surface area contributed by atoms with Crippen molar-refractivity contribution in [1.82, 2.24) is 10.2 Å². The molecule has 15 heavy (non-hydrogen) atoms. The quantitative estimate of drug-likeness (QED) is 0.711. The topological polar surface area (TPSA) is 15.3 Å². The average Bonchev–Trinajstić information content (AvgIpc) is 2.76. The summed E-state index contributed by atoms with van der Waals surface area (Å²) < 4.78 is 0. The van der Waals surface area contributed by atoms with E-state index in [0.717, 1.165) is 5.92 Å². The zero-order chi connectivity index (χ0) is 10.5. The highest BCUT2D eigenvalue weighted by atomic mass is 15.1. The van der Waals surface area contributed by atoms with Crippen molar-refractivity contribution in [3.8, 4) is 0 Å². The lowest BCUT2D eigenvalue weighted by atomic mass is 10.0. The Morgan fingerprint density at radius 3 is 3.00 bits per heavy atom. The van der Waals surface area contributed by atoms with Crippen LogP contribution in [0.2, 0.25) is 0 Å². The highest BCUT2D eigenvalue weighted by molar-refractivity contribution is 4.97. The predicted octanol–water partition coefficient (Wildman–Crippen LogP) is 2.03. The molecule has 86 valence electrons. The van der Waals surface area contributed by atoms with Gasteiger partial charge in [0, 0.05) is 12.6 Å². The van der Waals surface area contributed by atoms with Crippen LogP contribution >= 0.6 is 0 Å². The Hall–Kier alpha value is -0.340. The zero-order valence-electron chi connectivity index (χ0n) is 9.91. The summed E-state index contributed by atoms with van der Waals surface area (Å²) in [4.78, 5) is 2.56. The van der Waals surface area contributed by atoms with Gasteiger partial charge in [-0.3, -0.25) is 0 Å². The van der Waals surface area contributed by atoms with Crippen LogP contribution in [-0.2, 0) is 0 Å². The van der Waals surface area contributed by atoms with Crippen LogP contribution in [0.25, 0.3) is 0 Å². The van der Waals surface area contributed by atoms with Crippen LogP contribution in [0.3, 0.4) is 0 Å². The normalized spacial score (nSPS) is 32.3. The van der Waals surface area contributed by atoms with Crippen molar-refractivity contribution in [2.24, 2.45) is 5.92 Å². The maximum Gasteiger partial charge on any atom is 0.0250 e. The third-order valence-electron chi connectivity index (χ3n) is 3.74. The molecule has 0 aromatic rings. The third kappa shape index (κ3) is 3.32. The zero-order valence-corrected chi connectivity index (χ0v) is 9.91. The number of nitrogens with zero attached hydrogens (tertiary/aromatic N) is 1. The van der Waals surface area contributed by atoms with E-state index < -0.39 is 0 Å². The van der Waals surface area contributed by atoms with E-state index in [0.29, 0.717) is 6.04 Å². The molecule has 0 amide bonds. The minimum atomic E-state index is 0.662. The molecule has 0 aromatic heterocycles. The van der Waals surface area contributed by atoms with Crippen LogP contribution in [0.5, 0.6) is 0 Å². The molecule has 1 fully saturated rings. The summed E-state index contributed by atoms with van der Waals surface area (Å²) in [6.07, 6.45) is 10.0. The smallest absolute Gasteiger partial charge is 0.0250 e. The molecule has 0 radical (unpaired) electrons. The monoisotopic (exact) mass is 208 g/mol. The molecule has 1 aliphatic heterocycles. The van der Waals surface area contributed by atoms with E-state index in [1.165, 1.54) is 51.9 Å². The van der Waals surface area contributed by atoms with Gasteiger partial charge in [0.25, 0.3) is 0 Å². The molecule has 2 atom stereocenters. The maximum atomic E-state index is 3.69. The van der Waals surface area contributed by atoms with Gasteiger partial charge >= 0.3 is 0 Å². The third-order valence-corrected chi connectivity index (χ3v) is 3.74. The number of hydrogen-bond acceptors (Lipinski definition) is 2. The molecule has 1 N–H and O–H groups in total. The van der Waals surface area contributed by atoms with Crippen molar-refractivity contribution in [1.29, 1.82) is 0 Å². The van der Waals surface area contributed by atoms with Gasteiger partial charge in [-0.15, -0.1) is 0 Å². The maximum absolute atomic E-state index is 3.69. The van der Waals surface area contributed by atoms with E-state index in [1.54, 1.807) is 0 Å². The molecule has 0 bridgehead atoms. The second-order valence-corrected chi connectivity index (χ2v) is 4.92. The Balaban J connectivity index is 1.65. The second-order valence-electron chi connectivity index (χ2n) is 4.92. The summed E-state index contributed by atoms with van der Waals surface area (Å²) in [5.74, 6) is 0.889. The summed E-state index contributed by atoms with van der Waals surface area (Å²) >= 11 is 0. The highest BCUT2D eigenvalue weighted by Crippen LogP contribution is 2.16. The summed E-state index contributed by atoms with van der Waals surface area (Å²) in [6.45, 7) is 7.31. The molecule has 0 aromatic carbocycles. The van der Waals surface area contributed by atoms with Gasteiger partial charge in [0.15, 0.2) is 0 Å². The van der Waals surface area contributed by atoms with Crippen molar-refractivity contribution in [3.63, 3.8) is 0 Å². The van der Waals surface area contributed by atoms with Crippen molar-refractivity contribution < 1.29 is 0 Å². The number of nitrogens with one attached hydrogen (secondary N) is 1. The van der Waals surface area contributed by atoms with Crippen molar-refractivity contribution in [2.45, 2.75) is 38.6 Å². The molecule has 2 nitrogen and oxygen atoms in total. The Kier molecular flexibility index (Phi) is 4.21. The number of rotatable bonds is 4. The first-order chi connectivity index (χ1) is 7.38. The molecule has 0 saturated carbocycles. The van der Waals surface area contributed by atoms with Crippen molar-refractivity contribution in [2.75, 3.05) is 26.2 Å². The van der Waals surface area contributed by atoms with Gasteiger partial charge in [0.2, 0.25) is 0 Å². The second kappa shape index (κ2) is 5.66. The first-order valence-corrected chi connectivity index (χ1v) is 6.51. The van der Waals surface area contributed by atoms with Gasteiger partial charge in [0.1, 0.15) is 0 Å². The predicted molar refractivity (Wildman–Crippen MR) is 65.0 cm³/mol. The van der Waals surface area contributed by atoms with E-state index >= 15 is 0 Å². The molecule has 2 unspecified atom stereocenters. The van der Waals surface area contributed by atoms with E-state index in [-0.39, 0.29) is 0 Å². The van der Waals surface area contributed by atoms with Gasteiger partial charge in [-0.05, 0) is 51.2 Å². The van der Waals surface area contributed by atoms with E-state index in [2.05, 4.69) is 29.3 Å². The first-order valence-electron chi connectivity index (χ1n) is 6.51. The van der Waals surface area contributed by atoms with Crippen molar-refractivity contribution >= 4 is 0 Å². The lowest BCUT2D eigenvalue weighted by Crippen LogP contribution is -2.34. The molecular formula is C13H24N2. The van der Waals surface area contributed by atoms with Crippen LogP contribution in [0.15, 0.2) is 12.2 Å². The largest absolute Gasteiger partial charge is 0.310 e. The van der Waals surface area contributed by atoms with Gasteiger partial charge in [-0.1, -0.05) is 19.1 Å². The summed E-state index contributed by atoms with van der Waals surface area (Å²) in [7, 11) is 0. The molecule has 1 heterocycles. The van der Waals surface area contributed by atoms with Gasteiger partial charge < -0.3 is 10.2 Å². The fourth-order valence-corrected chi connectivity index (χ4v) is 2.67. The number of hydrogen-bond donors (Lipinski definition) is 1. The van der Waals surface area contributed by atoms with Crippen LogP contribution in [-0.4, -0.2) is 37.1 Å². The SMILES string of the molecule is CCN1CCC(CNC2C=CCCC2)C1. The number of likely N-dealkylation sites (tertiary alicyclic amines) is 1. The molecule has 2 aliphatic rings. The fraction of sp³-hybridized carbons (Fsp3) is 0.846. The first kappa shape index (κ1) is 11.2. The minimum absolute atomic E-state index is 0.662. The minimum Gasteiger partial charge on any atom is -0.310 e. The molecule has 2 rings (SSSR count). The summed E-state index contributed by atoms with van der Waals surface area (Å²) in [5.41, 5.74) is 0. The van der Waals surface area contributed by atoms with Crippen LogP contribution < -0.4 is 5.32 Å².